The molecule has 0 aliphatic carbocycles. The number of carbonyl (C=O) groups excluding carboxylic acids is 1. The molecule has 29 heavy (non-hydrogen) atoms. The van der Waals surface area contributed by atoms with Crippen LogP contribution in [0.4, 0.5) is 0 Å². The maximum absolute atomic E-state index is 13.0. The van der Waals surface area contributed by atoms with Crippen molar-refractivity contribution in [3.8, 4) is 11.5 Å². The molecule has 0 unspecified atom stereocenters. The van der Waals surface area contributed by atoms with Crippen molar-refractivity contribution in [3.05, 3.63) is 23.8 Å². The molecule has 3 saturated heterocycles. The van der Waals surface area contributed by atoms with E-state index in [-0.39, 0.29) is 47.4 Å². The minimum absolute atomic E-state index is 0.0397. The van der Waals surface area contributed by atoms with E-state index >= 15 is 0 Å². The molecule has 3 fully saturated rings. The zero-order valence-electron chi connectivity index (χ0n) is 16.2. The number of methoxy groups -OCH3 is 2. The van der Waals surface area contributed by atoms with Crippen molar-refractivity contribution in [2.24, 2.45) is 0 Å². The molecule has 0 bridgehead atoms. The van der Waals surface area contributed by atoms with Crippen molar-refractivity contribution in [1.29, 1.82) is 0 Å². The van der Waals surface area contributed by atoms with Crippen LogP contribution in [0.5, 0.6) is 11.5 Å². The largest absolute Gasteiger partial charge is 0.493 e. The second-order valence-electron chi connectivity index (χ2n) is 7.83. The van der Waals surface area contributed by atoms with Crippen molar-refractivity contribution in [2.75, 3.05) is 43.8 Å². The number of hydrogen-bond donors (Lipinski definition) is 1. The number of benzene rings is 1. The summed E-state index contributed by atoms with van der Waals surface area (Å²) < 4.78 is 59.2. The molecule has 0 aromatic heterocycles. The Morgan fingerprint density at radius 1 is 0.966 bits per heavy atom. The molecule has 1 N–H and O–H groups in total. The number of Topliss-reactive ketones (excluding diaryl/α,β-unsaturated/α-hetero) is 1. The van der Waals surface area contributed by atoms with Crippen LogP contribution in [0, 0.1) is 0 Å². The maximum atomic E-state index is 13.0. The van der Waals surface area contributed by atoms with E-state index in [1.165, 1.54) is 14.2 Å². The van der Waals surface area contributed by atoms with Gasteiger partial charge in [0.15, 0.2) is 37.0 Å². The summed E-state index contributed by atoms with van der Waals surface area (Å²) in [7, 11) is -3.51. The Morgan fingerprint density at radius 2 is 1.52 bits per heavy atom. The number of rotatable bonds is 5. The molecule has 160 valence electrons. The molecule has 0 radical (unpaired) electrons. The standard InChI is InChI=1S/C18H24N2O7S2/c1-26-17-4-3-11(5-18(17)27-2)16(21)6-20-14-9-28(22,23)7-12(14)19-13-8-29(24,25)10-15(13)20/h3-5,12-15,19H,6-10H2,1-2H3/t12-,13-,14-,15+/m0/s1. The summed E-state index contributed by atoms with van der Waals surface area (Å²) in [5.41, 5.74) is 0.399. The van der Waals surface area contributed by atoms with E-state index in [0.717, 1.165) is 0 Å². The number of ether oxygens (including phenoxy) is 2. The maximum Gasteiger partial charge on any atom is 0.176 e. The van der Waals surface area contributed by atoms with Crippen LogP contribution >= 0.6 is 0 Å². The number of nitrogens with one attached hydrogen (secondary N) is 1. The van der Waals surface area contributed by atoms with Gasteiger partial charge in [-0.2, -0.15) is 0 Å². The molecule has 3 aliphatic heterocycles. The fourth-order valence-corrected chi connectivity index (χ4v) is 8.54. The van der Waals surface area contributed by atoms with Gasteiger partial charge in [0.05, 0.1) is 43.8 Å². The van der Waals surface area contributed by atoms with Crippen molar-refractivity contribution >= 4 is 25.5 Å². The average molecular weight is 445 g/mol. The van der Waals surface area contributed by atoms with Gasteiger partial charge in [-0.15, -0.1) is 0 Å². The predicted octanol–water partition coefficient (Wildman–Crippen LogP) is -0.877. The number of sulfone groups is 2. The fourth-order valence-electron chi connectivity index (χ4n) is 4.65. The minimum atomic E-state index is -3.24. The van der Waals surface area contributed by atoms with Gasteiger partial charge < -0.3 is 14.8 Å². The van der Waals surface area contributed by atoms with Gasteiger partial charge >= 0.3 is 0 Å². The lowest BCUT2D eigenvalue weighted by Crippen LogP contribution is -2.67. The Labute approximate surface area is 170 Å². The molecular formula is C18H24N2O7S2. The number of hydrogen-bond acceptors (Lipinski definition) is 9. The molecule has 1 aromatic carbocycles. The number of nitrogens with zero attached hydrogens (tertiary/aromatic N) is 1. The van der Waals surface area contributed by atoms with E-state index in [1.54, 1.807) is 23.1 Å². The van der Waals surface area contributed by atoms with Crippen LogP contribution in [-0.2, 0) is 19.7 Å². The molecular weight excluding hydrogens is 420 g/mol. The van der Waals surface area contributed by atoms with Crippen molar-refractivity contribution < 1.29 is 31.1 Å². The first-order valence-electron chi connectivity index (χ1n) is 9.30. The van der Waals surface area contributed by atoms with Gasteiger partial charge in [0.1, 0.15) is 0 Å². The lowest BCUT2D eigenvalue weighted by molar-refractivity contribution is 0.0617. The van der Waals surface area contributed by atoms with E-state index in [1.807, 2.05) is 0 Å². The Morgan fingerprint density at radius 3 is 2.03 bits per heavy atom. The molecule has 0 saturated carbocycles. The second-order valence-corrected chi connectivity index (χ2v) is 12.1. The summed E-state index contributed by atoms with van der Waals surface area (Å²) in [4.78, 5) is 14.8. The van der Waals surface area contributed by atoms with Gasteiger partial charge in [0, 0.05) is 29.7 Å². The molecule has 4 atom stereocenters. The quantitative estimate of drug-likeness (QED) is 0.578. The molecule has 4 rings (SSSR count). The fraction of sp³-hybridized carbons (Fsp3) is 0.611. The molecule has 0 spiro atoms. The molecule has 9 nitrogen and oxygen atoms in total. The topological polar surface area (TPSA) is 119 Å². The van der Waals surface area contributed by atoms with E-state index in [0.29, 0.717) is 17.1 Å². The summed E-state index contributed by atoms with van der Waals surface area (Å²) in [6.45, 7) is -0.0511. The number of carbonyl (C=O) groups is 1. The van der Waals surface area contributed by atoms with Crippen molar-refractivity contribution in [1.82, 2.24) is 10.2 Å². The molecule has 0 amide bonds. The highest BCUT2D eigenvalue weighted by molar-refractivity contribution is 7.92. The smallest absolute Gasteiger partial charge is 0.176 e. The lowest BCUT2D eigenvalue weighted by atomic mass is 9.96. The third kappa shape index (κ3) is 3.88. The zero-order valence-corrected chi connectivity index (χ0v) is 17.8. The first-order chi connectivity index (χ1) is 13.6. The van der Waals surface area contributed by atoms with Gasteiger partial charge in [-0.1, -0.05) is 0 Å². The Bertz CT molecular complexity index is 990. The number of fused-ring (bicyclic) bond motifs is 2. The average Bonchev–Trinajstić information content (AvgIpc) is 3.13. The van der Waals surface area contributed by atoms with Crippen LogP contribution in [0.15, 0.2) is 18.2 Å². The number of ketones is 1. The van der Waals surface area contributed by atoms with E-state index in [9.17, 15) is 21.6 Å². The first kappa shape index (κ1) is 20.6. The normalized spacial score (nSPS) is 32.3. The highest BCUT2D eigenvalue weighted by Gasteiger charge is 2.54. The monoisotopic (exact) mass is 444 g/mol. The van der Waals surface area contributed by atoms with Gasteiger partial charge in [-0.25, -0.2) is 16.8 Å². The third-order valence-electron chi connectivity index (χ3n) is 5.96. The minimum Gasteiger partial charge on any atom is -0.493 e. The van der Waals surface area contributed by atoms with Gasteiger partial charge in [0.2, 0.25) is 0 Å². The highest BCUT2D eigenvalue weighted by atomic mass is 32.2. The first-order valence-corrected chi connectivity index (χ1v) is 12.9. The predicted molar refractivity (Wildman–Crippen MR) is 106 cm³/mol. The SMILES string of the molecule is COc1ccc(C(=O)CN2[C@@H]3CS(=O)(=O)C[C@@H]3N[C@H]3CS(=O)(=O)C[C@@H]32)cc1OC. The van der Waals surface area contributed by atoms with E-state index in [4.69, 9.17) is 9.47 Å². The van der Waals surface area contributed by atoms with Crippen LogP contribution in [0.2, 0.25) is 0 Å². The zero-order chi connectivity index (χ0) is 21.0. The van der Waals surface area contributed by atoms with Gasteiger partial charge in [-0.3, -0.25) is 9.69 Å². The third-order valence-corrected chi connectivity index (χ3v) is 9.39. The van der Waals surface area contributed by atoms with E-state index < -0.39 is 31.8 Å². The molecule has 11 heteroatoms. The second kappa shape index (κ2) is 7.22. The number of piperazine rings is 1. The van der Waals surface area contributed by atoms with Crippen molar-refractivity contribution in [2.45, 2.75) is 24.2 Å². The van der Waals surface area contributed by atoms with Crippen LogP contribution in [-0.4, -0.2) is 95.5 Å². The van der Waals surface area contributed by atoms with Crippen LogP contribution in [0.3, 0.4) is 0 Å². The molecule has 3 heterocycles. The summed E-state index contributed by atoms with van der Waals surface area (Å²) in [5, 5.41) is 3.22. The molecule has 3 aliphatic rings. The summed E-state index contributed by atoms with van der Waals surface area (Å²) in [6.07, 6.45) is 0. The summed E-state index contributed by atoms with van der Waals surface area (Å²) >= 11 is 0. The summed E-state index contributed by atoms with van der Waals surface area (Å²) in [5.74, 6) is 0.458. The van der Waals surface area contributed by atoms with Crippen LogP contribution < -0.4 is 14.8 Å². The lowest BCUT2D eigenvalue weighted by Gasteiger charge is -2.44. The van der Waals surface area contributed by atoms with Gasteiger partial charge in [0.25, 0.3) is 0 Å². The Hall–Kier alpha value is -1.69. The Balaban J connectivity index is 1.63. The highest BCUT2D eigenvalue weighted by Crippen LogP contribution is 2.32. The van der Waals surface area contributed by atoms with Crippen LogP contribution in [0.1, 0.15) is 10.4 Å². The Kier molecular flexibility index (Phi) is 5.12. The van der Waals surface area contributed by atoms with Gasteiger partial charge in [-0.05, 0) is 18.2 Å². The van der Waals surface area contributed by atoms with Crippen LogP contribution in [0.25, 0.3) is 0 Å². The van der Waals surface area contributed by atoms with E-state index in [2.05, 4.69) is 5.32 Å². The van der Waals surface area contributed by atoms with Crippen molar-refractivity contribution in [3.63, 3.8) is 0 Å². The summed E-state index contributed by atoms with van der Waals surface area (Å²) in [6, 6.07) is 3.26. The molecule has 1 aromatic rings.